The molecule has 0 atom stereocenters. The van der Waals surface area contributed by atoms with Crippen molar-refractivity contribution in [1.82, 2.24) is 0 Å². The van der Waals surface area contributed by atoms with E-state index in [9.17, 15) is 14.9 Å². The average molecular weight is 430 g/mol. The summed E-state index contributed by atoms with van der Waals surface area (Å²) in [5.41, 5.74) is 4.28. The summed E-state index contributed by atoms with van der Waals surface area (Å²) >= 11 is 1.29. The van der Waals surface area contributed by atoms with Gasteiger partial charge in [-0.05, 0) is 72.6 Å². The summed E-state index contributed by atoms with van der Waals surface area (Å²) in [6.07, 6.45) is 1.74. The Hall–Kier alpha value is -3.71. The minimum atomic E-state index is -0.445. The molecule has 0 aliphatic carbocycles. The highest BCUT2D eigenvalue weighted by Gasteiger charge is 2.35. The van der Waals surface area contributed by atoms with Gasteiger partial charge in [-0.1, -0.05) is 36.4 Å². The molecule has 0 aromatic heterocycles. The van der Waals surface area contributed by atoms with Gasteiger partial charge in [-0.15, -0.1) is 0 Å². The smallest absolute Gasteiger partial charge is 0.268 e. The van der Waals surface area contributed by atoms with E-state index in [1.165, 1.54) is 23.9 Å². The normalized spacial score (nSPS) is 16.3. The number of nitro benzene ring substituents is 1. The van der Waals surface area contributed by atoms with Crippen LogP contribution in [0.25, 0.3) is 6.08 Å². The zero-order chi connectivity index (χ0) is 22.0. The number of nitro groups is 1. The summed E-state index contributed by atoms with van der Waals surface area (Å²) in [5.74, 6) is -0.176. The van der Waals surface area contributed by atoms with Crippen LogP contribution in [0.5, 0.6) is 0 Å². The lowest BCUT2D eigenvalue weighted by molar-refractivity contribution is -0.384. The summed E-state index contributed by atoms with van der Waals surface area (Å²) < 4.78 is 0. The molecule has 1 fully saturated rings. The van der Waals surface area contributed by atoms with E-state index in [1.807, 2.05) is 62.4 Å². The number of hydrogen-bond acceptors (Lipinski definition) is 5. The molecule has 1 aliphatic rings. The standard InChI is InChI=1S/C24H19N3O3S/c1-16-7-3-5-9-20(16)25-24-26(21-10-6-4-8-17(21)2)23(28)22(31-24)15-18-11-13-19(14-12-18)27(29)30/h3-15H,1-2H3/b22-15-,25-24?. The van der Waals surface area contributed by atoms with E-state index in [0.29, 0.717) is 15.6 Å². The van der Waals surface area contributed by atoms with Crippen LogP contribution in [0.1, 0.15) is 16.7 Å². The van der Waals surface area contributed by atoms with Crippen molar-refractivity contribution in [3.8, 4) is 0 Å². The molecule has 6 nitrogen and oxygen atoms in total. The van der Waals surface area contributed by atoms with Crippen molar-refractivity contribution < 1.29 is 9.72 Å². The molecule has 154 valence electrons. The van der Waals surface area contributed by atoms with Gasteiger partial charge in [0.05, 0.1) is 21.2 Å². The van der Waals surface area contributed by atoms with Crippen LogP contribution in [0.2, 0.25) is 0 Å². The maximum absolute atomic E-state index is 13.4. The third-order valence-electron chi connectivity index (χ3n) is 4.90. The summed E-state index contributed by atoms with van der Waals surface area (Å²) in [6, 6.07) is 21.6. The second-order valence-electron chi connectivity index (χ2n) is 7.07. The minimum Gasteiger partial charge on any atom is -0.268 e. The van der Waals surface area contributed by atoms with Crippen LogP contribution < -0.4 is 4.90 Å². The van der Waals surface area contributed by atoms with Crippen LogP contribution in [0.15, 0.2) is 82.7 Å². The SMILES string of the molecule is Cc1ccccc1N=C1S/C(=C\c2ccc([N+](=O)[O-])cc2)C(=O)N1c1ccccc1C. The number of thioether (sulfide) groups is 1. The molecule has 1 saturated heterocycles. The summed E-state index contributed by atoms with van der Waals surface area (Å²) in [7, 11) is 0. The molecule has 1 aliphatic heterocycles. The number of carbonyl (C=O) groups excluding carboxylic acids is 1. The maximum atomic E-state index is 13.4. The molecule has 4 rings (SSSR count). The number of anilines is 1. The number of non-ortho nitro benzene ring substituents is 1. The number of para-hydroxylation sites is 2. The Morgan fingerprint density at radius 2 is 1.58 bits per heavy atom. The second kappa shape index (κ2) is 8.57. The van der Waals surface area contributed by atoms with Crippen molar-refractivity contribution in [3.63, 3.8) is 0 Å². The van der Waals surface area contributed by atoms with E-state index in [0.717, 1.165) is 22.5 Å². The molecule has 7 heteroatoms. The van der Waals surface area contributed by atoms with E-state index >= 15 is 0 Å². The van der Waals surface area contributed by atoms with Gasteiger partial charge >= 0.3 is 0 Å². The highest BCUT2D eigenvalue weighted by atomic mass is 32.2. The van der Waals surface area contributed by atoms with Gasteiger partial charge < -0.3 is 0 Å². The van der Waals surface area contributed by atoms with Crippen molar-refractivity contribution >= 4 is 46.0 Å². The number of amides is 1. The fraction of sp³-hybridized carbons (Fsp3) is 0.0833. The Balaban J connectivity index is 1.78. The molecule has 0 unspecified atom stereocenters. The van der Waals surface area contributed by atoms with Gasteiger partial charge in [-0.25, -0.2) is 4.99 Å². The van der Waals surface area contributed by atoms with E-state index in [2.05, 4.69) is 0 Å². The Kier molecular flexibility index (Phi) is 5.68. The molecule has 31 heavy (non-hydrogen) atoms. The molecule has 3 aromatic carbocycles. The first kappa shape index (κ1) is 20.6. The Morgan fingerprint density at radius 3 is 2.23 bits per heavy atom. The van der Waals surface area contributed by atoms with Crippen LogP contribution in [-0.2, 0) is 4.79 Å². The second-order valence-corrected chi connectivity index (χ2v) is 8.08. The van der Waals surface area contributed by atoms with Crippen molar-refractivity contribution in [3.05, 3.63) is 105 Å². The monoisotopic (exact) mass is 429 g/mol. The fourth-order valence-corrected chi connectivity index (χ4v) is 4.20. The first-order valence-electron chi connectivity index (χ1n) is 9.62. The van der Waals surface area contributed by atoms with Gasteiger partial charge in [0.1, 0.15) is 0 Å². The first-order valence-corrected chi connectivity index (χ1v) is 10.4. The van der Waals surface area contributed by atoms with E-state index in [4.69, 9.17) is 4.99 Å². The predicted octanol–water partition coefficient (Wildman–Crippen LogP) is 6.02. The Morgan fingerprint density at radius 1 is 0.935 bits per heavy atom. The molecule has 0 bridgehead atoms. The summed E-state index contributed by atoms with van der Waals surface area (Å²) in [5, 5.41) is 11.5. The third-order valence-corrected chi connectivity index (χ3v) is 5.86. The Labute approximate surface area is 184 Å². The number of rotatable bonds is 4. The number of amidine groups is 1. The number of benzene rings is 3. The molecular weight excluding hydrogens is 410 g/mol. The number of aliphatic imine (C=N–C) groups is 1. The van der Waals surface area contributed by atoms with Crippen LogP contribution in [-0.4, -0.2) is 16.0 Å². The number of carbonyl (C=O) groups is 1. The van der Waals surface area contributed by atoms with Crippen LogP contribution >= 0.6 is 11.8 Å². The minimum absolute atomic E-state index is 0.0101. The zero-order valence-corrected chi connectivity index (χ0v) is 17.8. The Bertz CT molecular complexity index is 1230. The summed E-state index contributed by atoms with van der Waals surface area (Å²) in [4.78, 5) is 30.7. The van der Waals surface area contributed by atoms with E-state index in [1.54, 1.807) is 23.1 Å². The van der Waals surface area contributed by atoms with E-state index < -0.39 is 4.92 Å². The lowest BCUT2D eigenvalue weighted by Gasteiger charge is -2.18. The van der Waals surface area contributed by atoms with Crippen molar-refractivity contribution in [2.24, 2.45) is 4.99 Å². The molecular formula is C24H19N3O3S. The number of hydrogen-bond donors (Lipinski definition) is 0. The first-order chi connectivity index (χ1) is 14.9. The van der Waals surface area contributed by atoms with Gasteiger partial charge in [-0.3, -0.25) is 19.8 Å². The van der Waals surface area contributed by atoms with Crippen molar-refractivity contribution in [1.29, 1.82) is 0 Å². The highest BCUT2D eigenvalue weighted by molar-refractivity contribution is 8.19. The highest BCUT2D eigenvalue weighted by Crippen LogP contribution is 2.38. The van der Waals surface area contributed by atoms with Crippen molar-refractivity contribution in [2.45, 2.75) is 13.8 Å². The number of nitrogens with zero attached hydrogens (tertiary/aromatic N) is 3. The van der Waals surface area contributed by atoms with E-state index in [-0.39, 0.29) is 11.6 Å². The van der Waals surface area contributed by atoms with Gasteiger partial charge in [-0.2, -0.15) is 0 Å². The average Bonchev–Trinajstić information content (AvgIpc) is 3.05. The fourth-order valence-electron chi connectivity index (χ4n) is 3.21. The predicted molar refractivity (Wildman–Crippen MR) is 126 cm³/mol. The third kappa shape index (κ3) is 4.27. The summed E-state index contributed by atoms with van der Waals surface area (Å²) in [6.45, 7) is 3.93. The van der Waals surface area contributed by atoms with Crippen LogP contribution in [0.3, 0.4) is 0 Å². The van der Waals surface area contributed by atoms with Gasteiger partial charge in [0.2, 0.25) is 0 Å². The molecule has 1 heterocycles. The quantitative estimate of drug-likeness (QED) is 0.289. The molecule has 0 spiro atoms. The topological polar surface area (TPSA) is 75.8 Å². The van der Waals surface area contributed by atoms with Crippen LogP contribution in [0, 0.1) is 24.0 Å². The molecule has 0 saturated carbocycles. The van der Waals surface area contributed by atoms with Gasteiger partial charge in [0.25, 0.3) is 11.6 Å². The number of aryl methyl sites for hydroxylation is 2. The van der Waals surface area contributed by atoms with Gasteiger partial charge in [0.15, 0.2) is 5.17 Å². The lowest BCUT2D eigenvalue weighted by Crippen LogP contribution is -2.29. The lowest BCUT2D eigenvalue weighted by atomic mass is 10.1. The molecule has 3 aromatic rings. The zero-order valence-electron chi connectivity index (χ0n) is 17.0. The molecule has 0 radical (unpaired) electrons. The largest absolute Gasteiger partial charge is 0.271 e. The van der Waals surface area contributed by atoms with Crippen LogP contribution in [0.4, 0.5) is 17.1 Å². The van der Waals surface area contributed by atoms with Gasteiger partial charge in [0, 0.05) is 12.1 Å². The molecule has 0 N–H and O–H groups in total. The maximum Gasteiger partial charge on any atom is 0.271 e. The van der Waals surface area contributed by atoms with Crippen molar-refractivity contribution in [2.75, 3.05) is 4.90 Å². The molecule has 1 amide bonds.